The van der Waals surface area contributed by atoms with Gasteiger partial charge in [0.2, 0.25) is 5.91 Å². The predicted molar refractivity (Wildman–Crippen MR) is 141 cm³/mol. The van der Waals surface area contributed by atoms with Crippen LogP contribution in [0.2, 0.25) is 5.02 Å². The summed E-state index contributed by atoms with van der Waals surface area (Å²) in [6.07, 6.45) is 6.36. The van der Waals surface area contributed by atoms with Crippen molar-refractivity contribution in [1.29, 1.82) is 0 Å². The number of benzene rings is 1. The number of nitrogens with zero attached hydrogens (tertiary/aromatic N) is 4. The lowest BCUT2D eigenvalue weighted by Crippen LogP contribution is -2.45. The molecule has 2 atom stereocenters. The fourth-order valence-electron chi connectivity index (χ4n) is 5.39. The molecule has 1 saturated heterocycles. The molecule has 2 aromatic heterocycles. The van der Waals surface area contributed by atoms with Crippen LogP contribution in [0.15, 0.2) is 35.3 Å². The lowest BCUT2D eigenvalue weighted by atomic mass is 9.97. The van der Waals surface area contributed by atoms with Gasteiger partial charge in [0, 0.05) is 53.5 Å². The molecule has 0 spiro atoms. The van der Waals surface area contributed by atoms with Gasteiger partial charge in [0.25, 0.3) is 5.56 Å². The molecular formula is C27H36ClN5O2. The largest absolute Gasteiger partial charge is 0.354 e. The minimum absolute atomic E-state index is 0.0839. The van der Waals surface area contributed by atoms with E-state index in [1.54, 1.807) is 6.20 Å². The van der Waals surface area contributed by atoms with E-state index in [1.807, 2.05) is 38.1 Å². The Morgan fingerprint density at radius 2 is 1.86 bits per heavy atom. The fraction of sp³-hybridized carbons (Fsp3) is 0.519. The third kappa shape index (κ3) is 5.46. The Kier molecular flexibility index (Phi) is 7.97. The van der Waals surface area contributed by atoms with Crippen molar-refractivity contribution in [3.8, 4) is 0 Å². The highest BCUT2D eigenvalue weighted by molar-refractivity contribution is 6.31. The van der Waals surface area contributed by atoms with Crippen molar-refractivity contribution >= 4 is 28.3 Å². The smallest absolute Gasteiger partial charge is 0.276 e. The molecule has 188 valence electrons. The van der Waals surface area contributed by atoms with E-state index in [1.165, 1.54) is 23.9 Å². The van der Waals surface area contributed by atoms with Crippen molar-refractivity contribution in [3.05, 3.63) is 62.8 Å². The van der Waals surface area contributed by atoms with Crippen LogP contribution in [0, 0.1) is 13.8 Å². The summed E-state index contributed by atoms with van der Waals surface area (Å²) in [6, 6.07) is 8.91. The van der Waals surface area contributed by atoms with Crippen LogP contribution in [0.3, 0.4) is 0 Å². The van der Waals surface area contributed by atoms with Gasteiger partial charge >= 0.3 is 0 Å². The maximum Gasteiger partial charge on any atom is 0.276 e. The molecule has 1 fully saturated rings. The molecule has 1 aliphatic rings. The van der Waals surface area contributed by atoms with E-state index in [2.05, 4.69) is 33.7 Å². The number of fused-ring (bicyclic) bond motifs is 1. The molecule has 1 N–H and O–H groups in total. The topological polar surface area (TPSA) is 72.2 Å². The van der Waals surface area contributed by atoms with Crippen LogP contribution in [0.1, 0.15) is 56.5 Å². The van der Waals surface area contributed by atoms with Gasteiger partial charge in [0.1, 0.15) is 6.54 Å². The number of carbonyl (C=O) groups excluding carboxylic acids is 1. The van der Waals surface area contributed by atoms with E-state index < -0.39 is 0 Å². The van der Waals surface area contributed by atoms with Gasteiger partial charge in [0.05, 0.1) is 11.6 Å². The molecular weight excluding hydrogens is 462 g/mol. The molecule has 3 heterocycles. The van der Waals surface area contributed by atoms with Crippen LogP contribution in [-0.4, -0.2) is 50.3 Å². The molecule has 35 heavy (non-hydrogen) atoms. The van der Waals surface area contributed by atoms with E-state index in [9.17, 15) is 9.59 Å². The summed E-state index contributed by atoms with van der Waals surface area (Å²) >= 11 is 6.36. The minimum atomic E-state index is -0.243. The highest BCUT2D eigenvalue weighted by Crippen LogP contribution is 2.25. The molecule has 0 bridgehead atoms. The molecule has 1 amide bonds. The number of rotatable bonds is 8. The first-order valence-electron chi connectivity index (χ1n) is 12.6. The number of carbonyl (C=O) groups is 1. The first-order chi connectivity index (χ1) is 16.8. The third-order valence-corrected chi connectivity index (χ3v) is 7.84. The van der Waals surface area contributed by atoms with Gasteiger partial charge in [-0.05, 0) is 58.6 Å². The third-order valence-electron chi connectivity index (χ3n) is 7.48. The van der Waals surface area contributed by atoms with Crippen LogP contribution in [0.25, 0.3) is 10.8 Å². The maximum atomic E-state index is 13.3. The molecule has 0 aliphatic carbocycles. The Balaban J connectivity index is 1.42. The van der Waals surface area contributed by atoms with Crippen LogP contribution in [0.4, 0.5) is 0 Å². The summed E-state index contributed by atoms with van der Waals surface area (Å²) in [6.45, 7) is 10.5. The summed E-state index contributed by atoms with van der Waals surface area (Å²) in [5.41, 5.74) is 2.55. The zero-order chi connectivity index (χ0) is 25.1. The standard InChI is InChI=1S/C27H36ClN5O2/c1-18-9-7-10-19(2)31(18)14-8-13-29-25(34)17-33-27(35)26-21(4)32(20(3)23(26)15-30-33)16-22-11-5-6-12-24(22)28/h5-6,11-12,15,18-19H,7-10,13-14,16-17H2,1-4H3,(H,29,34)/t18-,19-/m0/s1. The van der Waals surface area contributed by atoms with Gasteiger partial charge in [-0.15, -0.1) is 0 Å². The van der Waals surface area contributed by atoms with Crippen LogP contribution < -0.4 is 10.9 Å². The Morgan fingerprint density at radius 3 is 2.57 bits per heavy atom. The maximum absolute atomic E-state index is 13.3. The van der Waals surface area contributed by atoms with Crippen molar-refractivity contribution in [2.24, 2.45) is 0 Å². The first-order valence-corrected chi connectivity index (χ1v) is 13.0. The number of nitrogens with one attached hydrogen (secondary N) is 1. The van der Waals surface area contributed by atoms with Gasteiger partial charge < -0.3 is 9.88 Å². The van der Waals surface area contributed by atoms with E-state index in [-0.39, 0.29) is 18.0 Å². The molecule has 0 radical (unpaired) electrons. The molecule has 1 aliphatic heterocycles. The zero-order valence-corrected chi connectivity index (χ0v) is 21.9. The summed E-state index contributed by atoms with van der Waals surface area (Å²) in [5, 5.41) is 9.37. The Labute approximate surface area is 212 Å². The quantitative estimate of drug-likeness (QED) is 0.471. The van der Waals surface area contributed by atoms with E-state index in [4.69, 9.17) is 11.6 Å². The lowest BCUT2D eigenvalue weighted by Gasteiger charge is -2.39. The fourth-order valence-corrected chi connectivity index (χ4v) is 5.58. The van der Waals surface area contributed by atoms with Crippen molar-refractivity contribution in [2.45, 2.75) is 78.6 Å². The molecule has 0 unspecified atom stereocenters. The number of halogens is 1. The van der Waals surface area contributed by atoms with Crippen LogP contribution in [0.5, 0.6) is 0 Å². The monoisotopic (exact) mass is 497 g/mol. The van der Waals surface area contributed by atoms with Crippen molar-refractivity contribution in [1.82, 2.24) is 24.6 Å². The number of likely N-dealkylation sites (tertiary alicyclic amines) is 1. The van der Waals surface area contributed by atoms with Crippen molar-refractivity contribution in [3.63, 3.8) is 0 Å². The summed E-state index contributed by atoms with van der Waals surface area (Å²) in [4.78, 5) is 28.4. The molecule has 3 aromatic rings. The van der Waals surface area contributed by atoms with E-state index in [0.29, 0.717) is 35.6 Å². The van der Waals surface area contributed by atoms with E-state index >= 15 is 0 Å². The predicted octanol–water partition coefficient (Wildman–Crippen LogP) is 4.29. The minimum Gasteiger partial charge on any atom is -0.354 e. The normalized spacial score (nSPS) is 18.8. The number of hydrogen-bond acceptors (Lipinski definition) is 4. The average Bonchev–Trinajstić information content (AvgIpc) is 3.06. The Bertz CT molecular complexity index is 1250. The lowest BCUT2D eigenvalue weighted by molar-refractivity contribution is -0.121. The number of hydrogen-bond donors (Lipinski definition) is 1. The number of piperidine rings is 1. The van der Waals surface area contributed by atoms with Crippen molar-refractivity contribution in [2.75, 3.05) is 13.1 Å². The summed E-state index contributed by atoms with van der Waals surface area (Å²) in [7, 11) is 0. The van der Waals surface area contributed by atoms with Crippen LogP contribution >= 0.6 is 11.6 Å². The summed E-state index contributed by atoms with van der Waals surface area (Å²) in [5.74, 6) is -0.191. The molecule has 4 rings (SSSR count). The highest BCUT2D eigenvalue weighted by atomic mass is 35.5. The van der Waals surface area contributed by atoms with E-state index in [0.717, 1.165) is 35.3 Å². The zero-order valence-electron chi connectivity index (χ0n) is 21.2. The Hall–Kier alpha value is -2.64. The molecule has 8 heteroatoms. The second-order valence-corrected chi connectivity index (χ2v) is 10.2. The molecule has 7 nitrogen and oxygen atoms in total. The second kappa shape index (κ2) is 11.0. The van der Waals surface area contributed by atoms with Gasteiger partial charge in [-0.1, -0.05) is 36.2 Å². The van der Waals surface area contributed by atoms with Gasteiger partial charge in [-0.3, -0.25) is 14.5 Å². The highest BCUT2D eigenvalue weighted by Gasteiger charge is 2.24. The van der Waals surface area contributed by atoms with Gasteiger partial charge in [0.15, 0.2) is 0 Å². The SMILES string of the molecule is Cc1c2cnn(CC(=O)NCCCN3[C@@H](C)CCC[C@@H]3C)c(=O)c2c(C)n1Cc1ccccc1Cl. The summed E-state index contributed by atoms with van der Waals surface area (Å²) < 4.78 is 3.35. The molecule has 1 aromatic carbocycles. The second-order valence-electron chi connectivity index (χ2n) is 9.81. The van der Waals surface area contributed by atoms with Gasteiger partial charge in [-0.25, -0.2) is 4.68 Å². The van der Waals surface area contributed by atoms with Crippen LogP contribution in [-0.2, 0) is 17.9 Å². The first kappa shape index (κ1) is 25.5. The van der Waals surface area contributed by atoms with Gasteiger partial charge in [-0.2, -0.15) is 5.10 Å². The van der Waals surface area contributed by atoms with Crippen molar-refractivity contribution < 1.29 is 4.79 Å². The average molecular weight is 498 g/mol. The Morgan fingerprint density at radius 1 is 1.14 bits per heavy atom. The number of aryl methyl sites for hydroxylation is 2. The number of aromatic nitrogens is 3. The number of amides is 1. The molecule has 0 saturated carbocycles.